The van der Waals surface area contributed by atoms with Gasteiger partial charge in [0.05, 0.1) is 0 Å². The predicted octanol–water partition coefficient (Wildman–Crippen LogP) is 2.26. The van der Waals surface area contributed by atoms with Crippen LogP contribution in [0.2, 0.25) is 0 Å². The Morgan fingerprint density at radius 3 is 2.00 bits per heavy atom. The summed E-state index contributed by atoms with van der Waals surface area (Å²) in [5.41, 5.74) is 0. The Kier molecular flexibility index (Phi) is 4.56. The Balaban J connectivity index is 2.32. The van der Waals surface area contributed by atoms with Crippen molar-refractivity contribution < 1.29 is 0 Å². The van der Waals surface area contributed by atoms with Gasteiger partial charge in [-0.1, -0.05) is 0 Å². The maximum atomic E-state index is 2.80. The topological polar surface area (TPSA) is 0 Å². The zero-order valence-corrected chi connectivity index (χ0v) is 7.80. The monoisotopic (exact) mass is 302 g/mol. The fraction of sp³-hybridized carbons (Fsp3) is 1.00. The average Bonchev–Trinajstić information content (AvgIpc) is 0.811. The standard InChI is InChI=1S/CH5I2P/c1-3(2)4/h4H2,1H3. The third kappa shape index (κ3) is 9.10. The molecule has 0 nitrogen and oxygen atoms in total. The van der Waals surface area contributed by atoms with E-state index in [1.807, 2.05) is 0 Å². The van der Waals surface area contributed by atoms with Crippen molar-refractivity contribution in [2.75, 3.05) is 4.93 Å². The predicted molar refractivity (Wildman–Crippen MR) is 43.7 cm³/mol. The molecule has 4 heavy (non-hydrogen) atoms. The van der Waals surface area contributed by atoms with Crippen LogP contribution in [-0.2, 0) is 0 Å². The Hall–Kier alpha value is 1.89. The summed E-state index contributed by atoms with van der Waals surface area (Å²) in [6.07, 6.45) is 0. The summed E-state index contributed by atoms with van der Waals surface area (Å²) >= 11 is 2.09. The number of alkyl halides is 1. The van der Waals surface area contributed by atoms with E-state index in [2.05, 4.69) is 30.4 Å². The summed E-state index contributed by atoms with van der Waals surface area (Å²) < 4.78 is 0. The first-order valence-electron chi connectivity index (χ1n) is 0.739. The van der Waals surface area contributed by atoms with Gasteiger partial charge in [0.2, 0.25) is 0 Å². The van der Waals surface area contributed by atoms with Crippen LogP contribution in [0.4, 0.5) is 0 Å². The third-order valence-electron chi connectivity index (χ3n) is 0. The summed E-state index contributed by atoms with van der Waals surface area (Å²) in [4.78, 5) is 2.27. The number of rotatable bonds is 0. The van der Waals surface area contributed by atoms with Crippen molar-refractivity contribution in [3.63, 3.8) is 0 Å². The van der Waals surface area contributed by atoms with Gasteiger partial charge in [-0.2, -0.15) is 0 Å². The van der Waals surface area contributed by atoms with Crippen LogP contribution >= 0.6 is 40.8 Å². The van der Waals surface area contributed by atoms with Crippen LogP contribution in [0.5, 0.6) is 0 Å². The summed E-state index contributed by atoms with van der Waals surface area (Å²) in [6.45, 7) is 2.80. The minimum atomic E-state index is -0.377. The van der Waals surface area contributed by atoms with Gasteiger partial charge in [0.1, 0.15) is 0 Å². The van der Waals surface area contributed by atoms with Crippen molar-refractivity contribution in [2.45, 2.75) is 0 Å². The average molecular weight is 302 g/mol. The van der Waals surface area contributed by atoms with Crippen molar-refractivity contribution in [2.24, 2.45) is 0 Å². The molecule has 0 spiro atoms. The zero-order chi connectivity index (χ0) is 3.58. The first-order valence-corrected chi connectivity index (χ1v) is 13.4. The molecule has 0 fully saturated rings. The van der Waals surface area contributed by atoms with E-state index in [0.29, 0.717) is 0 Å². The molecule has 0 saturated heterocycles. The number of halogens is 2. The first-order chi connectivity index (χ1) is 1.73. The summed E-state index contributed by atoms with van der Waals surface area (Å²) in [5, 5.41) is 0. The van der Waals surface area contributed by atoms with Gasteiger partial charge in [0, 0.05) is 0 Å². The fourth-order valence-electron chi connectivity index (χ4n) is 0. The zero-order valence-electron chi connectivity index (χ0n) is 2.33. The van der Waals surface area contributed by atoms with E-state index in [1.54, 1.807) is 0 Å². The Labute approximate surface area is 45.2 Å². The molecule has 0 rings (SSSR count). The molecule has 0 N–H and O–H groups in total. The van der Waals surface area contributed by atoms with Crippen molar-refractivity contribution in [3.05, 3.63) is 0 Å². The number of hydrogen-bond acceptors (Lipinski definition) is 0. The van der Waals surface area contributed by atoms with Crippen LogP contribution in [-0.4, -0.2) is 4.93 Å². The van der Waals surface area contributed by atoms with Crippen LogP contribution in [0.3, 0.4) is 0 Å². The molecular formula is CH5I2P. The first kappa shape index (κ1) is 5.89. The van der Waals surface area contributed by atoms with E-state index < -0.39 is 0 Å². The Bertz CT molecular complexity index is 10.8. The van der Waals surface area contributed by atoms with Gasteiger partial charge in [-0.25, -0.2) is 0 Å². The van der Waals surface area contributed by atoms with Crippen LogP contribution in [0.15, 0.2) is 0 Å². The molecule has 28 valence electrons. The second-order valence-corrected chi connectivity index (χ2v) is 22.0. The van der Waals surface area contributed by atoms with Crippen molar-refractivity contribution >= 4 is 40.8 Å². The molecule has 1 atom stereocenters. The maximum absolute atomic E-state index is 2.80. The fourth-order valence-corrected chi connectivity index (χ4v) is 0. The second kappa shape index (κ2) is 3.09. The van der Waals surface area contributed by atoms with Gasteiger partial charge in [0.25, 0.3) is 0 Å². The Morgan fingerprint density at radius 2 is 2.00 bits per heavy atom. The molecule has 0 aliphatic rings. The van der Waals surface area contributed by atoms with Gasteiger partial charge in [-0.3, -0.25) is 0 Å². The summed E-state index contributed by atoms with van der Waals surface area (Å²) in [6, 6.07) is 0. The van der Waals surface area contributed by atoms with Gasteiger partial charge < -0.3 is 0 Å². The van der Waals surface area contributed by atoms with Crippen LogP contribution in [0.1, 0.15) is 0 Å². The molecule has 0 bridgehead atoms. The van der Waals surface area contributed by atoms with Gasteiger partial charge in [0.15, 0.2) is 0 Å². The van der Waals surface area contributed by atoms with Crippen LogP contribution in [0, 0.1) is 0 Å². The van der Waals surface area contributed by atoms with E-state index in [0.717, 1.165) is 0 Å². The third-order valence-corrected chi connectivity index (χ3v) is 0. The van der Waals surface area contributed by atoms with Crippen LogP contribution in [0.25, 0.3) is 0 Å². The quantitative estimate of drug-likeness (QED) is 0.366. The molecule has 0 aliphatic heterocycles. The molecule has 0 aromatic rings. The van der Waals surface area contributed by atoms with Gasteiger partial charge in [-0.05, 0) is 0 Å². The van der Waals surface area contributed by atoms with Crippen molar-refractivity contribution in [3.8, 4) is 0 Å². The van der Waals surface area contributed by atoms with E-state index >= 15 is 0 Å². The van der Waals surface area contributed by atoms with Crippen molar-refractivity contribution in [1.82, 2.24) is 0 Å². The van der Waals surface area contributed by atoms with E-state index in [1.165, 1.54) is 0 Å². The van der Waals surface area contributed by atoms with E-state index in [9.17, 15) is 0 Å². The number of hydrogen-bond donors (Lipinski definition) is 0. The molecule has 0 aliphatic carbocycles. The van der Waals surface area contributed by atoms with E-state index in [-0.39, 0.29) is 15.3 Å². The van der Waals surface area contributed by atoms with Gasteiger partial charge in [-0.15, -0.1) is 0 Å². The normalized spacial score (nSPS) is 11.2. The molecular weight excluding hydrogens is 297 g/mol. The van der Waals surface area contributed by atoms with E-state index in [4.69, 9.17) is 0 Å². The summed E-state index contributed by atoms with van der Waals surface area (Å²) in [7, 11) is 0. The minimum absolute atomic E-state index is 0.377. The molecule has 0 radical (unpaired) electrons. The van der Waals surface area contributed by atoms with Crippen LogP contribution < -0.4 is 0 Å². The molecule has 0 aromatic heterocycles. The van der Waals surface area contributed by atoms with Gasteiger partial charge >= 0.3 is 45.7 Å². The molecule has 0 heterocycles. The van der Waals surface area contributed by atoms with Crippen molar-refractivity contribution in [1.29, 1.82) is 0 Å². The molecule has 1 unspecified atom stereocenters. The second-order valence-electron chi connectivity index (χ2n) is 0.444. The SMILES string of the molecule is CI(P)I. The summed E-state index contributed by atoms with van der Waals surface area (Å²) in [5.74, 6) is 0. The Morgan fingerprint density at radius 1 is 2.00 bits per heavy atom. The molecule has 0 saturated carbocycles. The molecule has 0 aromatic carbocycles. The molecule has 0 amide bonds. The molecule has 3 heteroatoms.